The average molecular weight is 418 g/mol. The molecule has 3 heteroatoms. The fourth-order valence-corrected chi connectivity index (χ4v) is 7.05. The first-order valence-corrected chi connectivity index (χ1v) is 12.4. The van der Waals surface area contributed by atoms with Crippen molar-refractivity contribution in [2.24, 2.45) is 0 Å². The third-order valence-corrected chi connectivity index (χ3v) is 8.37. The second-order valence-corrected chi connectivity index (χ2v) is 10.0. The van der Waals surface area contributed by atoms with E-state index in [9.17, 15) is 0 Å². The van der Waals surface area contributed by atoms with E-state index in [1.54, 1.807) is 0 Å². The summed E-state index contributed by atoms with van der Waals surface area (Å²) in [5.41, 5.74) is 6.81. The van der Waals surface area contributed by atoms with Crippen LogP contribution < -0.4 is 0 Å². The van der Waals surface area contributed by atoms with E-state index in [1.165, 1.54) is 99.6 Å². The number of nitrogens with zero attached hydrogens (tertiary/aromatic N) is 2. The molecule has 0 spiro atoms. The molecule has 1 fully saturated rings. The monoisotopic (exact) mass is 417 g/mol. The van der Waals surface area contributed by atoms with Gasteiger partial charge in [-0.15, -0.1) is 0 Å². The molecule has 32 heavy (non-hydrogen) atoms. The molecule has 1 saturated carbocycles. The molecule has 1 aliphatic heterocycles. The molecule has 0 bridgehead atoms. The smallest absolute Gasteiger partial charge is 0.122 e. The number of rotatable bonds is 0. The highest BCUT2D eigenvalue weighted by Crippen LogP contribution is 2.52. The van der Waals surface area contributed by atoms with Crippen molar-refractivity contribution in [1.82, 2.24) is 14.1 Å². The Bertz CT molecular complexity index is 1680. The van der Waals surface area contributed by atoms with Crippen molar-refractivity contribution in [2.45, 2.75) is 57.0 Å². The molecule has 6 aromatic rings. The van der Waals surface area contributed by atoms with Crippen LogP contribution in [0.2, 0.25) is 0 Å². The fourth-order valence-electron chi connectivity index (χ4n) is 7.05. The number of hydrogen-bond acceptors (Lipinski definition) is 0. The molecule has 2 unspecified atom stereocenters. The molecule has 3 nitrogen and oxygen atoms in total. The van der Waals surface area contributed by atoms with Crippen LogP contribution >= 0.6 is 0 Å². The molecule has 2 atom stereocenters. The van der Waals surface area contributed by atoms with Gasteiger partial charge in [0.15, 0.2) is 0 Å². The molecular weight excluding hydrogens is 390 g/mol. The molecule has 0 amide bonds. The summed E-state index contributed by atoms with van der Waals surface area (Å²) >= 11 is 0. The number of aromatic amines is 1. The van der Waals surface area contributed by atoms with Crippen molar-refractivity contribution in [2.75, 3.05) is 0 Å². The van der Waals surface area contributed by atoms with Crippen LogP contribution in [0.5, 0.6) is 0 Å². The number of hydrogen-bond donors (Lipinski definition) is 1. The van der Waals surface area contributed by atoms with Crippen LogP contribution in [0.15, 0.2) is 60.7 Å². The maximum Gasteiger partial charge on any atom is 0.122 e. The zero-order valence-corrected chi connectivity index (χ0v) is 18.3. The zero-order valence-electron chi connectivity index (χ0n) is 18.3. The molecule has 0 radical (unpaired) electrons. The van der Waals surface area contributed by atoms with Crippen LogP contribution in [0.3, 0.4) is 0 Å². The predicted octanol–water partition coefficient (Wildman–Crippen LogP) is 8.22. The van der Waals surface area contributed by atoms with Gasteiger partial charge in [0, 0.05) is 38.0 Å². The van der Waals surface area contributed by atoms with E-state index in [4.69, 9.17) is 0 Å². The fraction of sp³-hybridized carbons (Fsp3) is 0.310. The van der Waals surface area contributed by atoms with Crippen molar-refractivity contribution in [3.63, 3.8) is 0 Å². The highest BCUT2D eigenvalue weighted by molar-refractivity contribution is 6.25. The van der Waals surface area contributed by atoms with Gasteiger partial charge in [-0.1, -0.05) is 68.5 Å². The Labute approximate surface area is 186 Å². The van der Waals surface area contributed by atoms with Gasteiger partial charge in [-0.05, 0) is 37.1 Å². The van der Waals surface area contributed by atoms with Crippen molar-refractivity contribution < 1.29 is 0 Å². The van der Waals surface area contributed by atoms with Crippen molar-refractivity contribution >= 4 is 54.6 Å². The molecule has 8 rings (SSSR count). The van der Waals surface area contributed by atoms with Gasteiger partial charge in [0.2, 0.25) is 0 Å². The first kappa shape index (κ1) is 17.4. The Morgan fingerprint density at radius 2 is 1.28 bits per heavy atom. The van der Waals surface area contributed by atoms with E-state index in [0.717, 1.165) is 0 Å². The molecule has 0 saturated heterocycles. The minimum absolute atomic E-state index is 0.578. The summed E-state index contributed by atoms with van der Waals surface area (Å²) in [6.45, 7) is 0. The standard InChI is InChI=1S/C29H27N3/c1-2-4-14-25-26(15-5-3-1)32-27-17-23-20(18-10-6-8-12-22(18)30-23)16-21(27)28-19-11-7-9-13-24(19)31(25)29(28)32/h6-13,16-17,25-26,30H,1-5,14-15H2. The summed E-state index contributed by atoms with van der Waals surface area (Å²) in [7, 11) is 0. The van der Waals surface area contributed by atoms with E-state index < -0.39 is 0 Å². The van der Waals surface area contributed by atoms with Gasteiger partial charge in [0.1, 0.15) is 5.65 Å². The predicted molar refractivity (Wildman–Crippen MR) is 135 cm³/mol. The number of benzene rings is 3. The van der Waals surface area contributed by atoms with Crippen LogP contribution in [-0.2, 0) is 0 Å². The summed E-state index contributed by atoms with van der Waals surface area (Å²) < 4.78 is 5.47. The Kier molecular flexibility index (Phi) is 3.36. The third kappa shape index (κ3) is 2.07. The summed E-state index contributed by atoms with van der Waals surface area (Å²) in [6.07, 6.45) is 9.46. The van der Waals surface area contributed by atoms with Crippen LogP contribution in [0.25, 0.3) is 54.6 Å². The molecule has 1 N–H and O–H groups in total. The maximum absolute atomic E-state index is 3.70. The van der Waals surface area contributed by atoms with Gasteiger partial charge >= 0.3 is 0 Å². The van der Waals surface area contributed by atoms with Crippen LogP contribution in [0, 0.1) is 0 Å². The summed E-state index contributed by atoms with van der Waals surface area (Å²) in [5.74, 6) is 0. The molecule has 3 aromatic heterocycles. The van der Waals surface area contributed by atoms with Gasteiger partial charge in [-0.2, -0.15) is 0 Å². The van der Waals surface area contributed by atoms with Crippen molar-refractivity contribution in [1.29, 1.82) is 0 Å². The first-order chi connectivity index (χ1) is 15.9. The summed E-state index contributed by atoms with van der Waals surface area (Å²) in [4.78, 5) is 3.70. The number of nitrogens with one attached hydrogen (secondary N) is 1. The quantitative estimate of drug-likeness (QED) is 0.258. The molecule has 158 valence electrons. The van der Waals surface area contributed by atoms with Gasteiger partial charge in [0.25, 0.3) is 0 Å². The van der Waals surface area contributed by atoms with E-state index in [1.807, 2.05) is 0 Å². The van der Waals surface area contributed by atoms with Gasteiger partial charge in [-0.3, -0.25) is 0 Å². The van der Waals surface area contributed by atoms with Crippen molar-refractivity contribution in [3.05, 3.63) is 60.7 Å². The highest BCUT2D eigenvalue weighted by Gasteiger charge is 2.38. The Balaban J connectivity index is 1.54. The van der Waals surface area contributed by atoms with Gasteiger partial charge in [0.05, 0.1) is 23.1 Å². The maximum atomic E-state index is 3.70. The van der Waals surface area contributed by atoms with Crippen LogP contribution in [-0.4, -0.2) is 14.1 Å². The summed E-state index contributed by atoms with van der Waals surface area (Å²) in [5, 5.41) is 6.98. The molecule has 3 aromatic carbocycles. The van der Waals surface area contributed by atoms with Crippen LogP contribution in [0.1, 0.15) is 57.0 Å². The number of H-pyrrole nitrogens is 1. The lowest BCUT2D eigenvalue weighted by atomic mass is 9.99. The average Bonchev–Trinajstić information content (AvgIpc) is 3.53. The molecule has 1 aliphatic carbocycles. The minimum Gasteiger partial charge on any atom is -0.354 e. The normalized spacial score (nSPS) is 21.5. The number of aromatic nitrogens is 3. The first-order valence-electron chi connectivity index (χ1n) is 12.4. The minimum atomic E-state index is 0.578. The highest BCUT2D eigenvalue weighted by atomic mass is 15.3. The lowest BCUT2D eigenvalue weighted by Gasteiger charge is -2.23. The Morgan fingerprint density at radius 1 is 0.594 bits per heavy atom. The number of para-hydroxylation sites is 2. The van der Waals surface area contributed by atoms with E-state index in [2.05, 4.69) is 74.8 Å². The van der Waals surface area contributed by atoms with Crippen LogP contribution in [0.4, 0.5) is 0 Å². The Morgan fingerprint density at radius 3 is 2.12 bits per heavy atom. The SMILES string of the molecule is c1ccc2c(c1)[nH]c1cc3c(cc12)c1c2ccccc2n2c1n3C1CCCCCCCC12. The van der Waals surface area contributed by atoms with Crippen molar-refractivity contribution in [3.8, 4) is 0 Å². The summed E-state index contributed by atoms with van der Waals surface area (Å²) in [6, 6.07) is 23.9. The Hall–Kier alpha value is -3.20. The molecule has 2 aliphatic rings. The molecule has 4 heterocycles. The second-order valence-electron chi connectivity index (χ2n) is 10.0. The zero-order chi connectivity index (χ0) is 20.8. The molecular formula is C29H27N3. The second kappa shape index (κ2) is 6.19. The largest absolute Gasteiger partial charge is 0.354 e. The van der Waals surface area contributed by atoms with Gasteiger partial charge in [-0.25, -0.2) is 0 Å². The lowest BCUT2D eigenvalue weighted by molar-refractivity contribution is 0.347. The lowest BCUT2D eigenvalue weighted by Crippen LogP contribution is -2.14. The van der Waals surface area contributed by atoms with E-state index in [0.29, 0.717) is 12.1 Å². The van der Waals surface area contributed by atoms with E-state index >= 15 is 0 Å². The van der Waals surface area contributed by atoms with Gasteiger partial charge < -0.3 is 14.1 Å². The third-order valence-electron chi connectivity index (χ3n) is 8.37. The number of fused-ring (bicyclic) bond motifs is 12. The van der Waals surface area contributed by atoms with E-state index in [-0.39, 0.29) is 0 Å². The topological polar surface area (TPSA) is 25.6 Å².